The summed E-state index contributed by atoms with van der Waals surface area (Å²) in [6.45, 7) is 0. The highest BCUT2D eigenvalue weighted by Gasteiger charge is 2.15. The van der Waals surface area contributed by atoms with Gasteiger partial charge in [-0.15, -0.1) is 0 Å². The van der Waals surface area contributed by atoms with E-state index in [1.54, 1.807) is 0 Å². The number of rotatable bonds is 5. The minimum atomic E-state index is -2.80. The lowest BCUT2D eigenvalue weighted by Crippen LogP contribution is -1.99. The lowest BCUT2D eigenvalue weighted by molar-refractivity contribution is -0.137. The Bertz CT molecular complexity index is 441. The second-order valence-corrected chi connectivity index (χ2v) is 3.95. The summed E-state index contributed by atoms with van der Waals surface area (Å²) in [5.74, 6) is -1.55. The van der Waals surface area contributed by atoms with Gasteiger partial charge in [-0.25, -0.2) is 0 Å². The Hall–Kier alpha value is 0.170. The smallest absolute Gasteiger partial charge is 0.303 e. The molecule has 1 aliphatic heterocycles. The fraction of sp³-hybridized carbons (Fsp3) is 0.875. The summed E-state index contributed by atoms with van der Waals surface area (Å²) in [5, 5.41) is 6.36. The summed E-state index contributed by atoms with van der Waals surface area (Å²) in [4.78, 5) is 10.6. The van der Waals surface area contributed by atoms with Gasteiger partial charge in [0, 0.05) is 29.7 Å². The fourth-order valence-corrected chi connectivity index (χ4v) is 1.97. The van der Waals surface area contributed by atoms with E-state index in [1.807, 2.05) is 0 Å². The predicted octanol–water partition coefficient (Wildman–Crippen LogP) is 2.79. The SMILES string of the molecule is [2H]C([2H])(CC(=O)O)C([2H])([2H])CC1([2H])SSC([2H])([2H])C1([2H])[2H]. The molecule has 1 fully saturated rings. The predicted molar refractivity (Wildman–Crippen MR) is 54.6 cm³/mol. The van der Waals surface area contributed by atoms with Crippen molar-refractivity contribution in [3.05, 3.63) is 0 Å². The van der Waals surface area contributed by atoms with Crippen LogP contribution in [0.5, 0.6) is 0 Å². The first-order chi connectivity index (χ1) is 9.08. The van der Waals surface area contributed by atoms with Gasteiger partial charge < -0.3 is 5.11 Å². The average Bonchev–Trinajstić information content (AvgIpc) is 2.36. The Labute approximate surface area is 93.5 Å². The van der Waals surface area contributed by atoms with Crippen LogP contribution in [0.4, 0.5) is 0 Å². The molecule has 1 aliphatic rings. The van der Waals surface area contributed by atoms with Crippen molar-refractivity contribution in [1.29, 1.82) is 0 Å². The van der Waals surface area contributed by atoms with E-state index in [2.05, 4.69) is 0 Å². The molecule has 2 nitrogen and oxygen atoms in total. The first-order valence-electron chi connectivity index (χ1n) is 7.67. The zero-order chi connectivity index (χ0) is 16.9. The topological polar surface area (TPSA) is 37.3 Å². The third-order valence-electron chi connectivity index (χ3n) is 0.988. The molecule has 0 bridgehead atoms. The average molecular weight is 215 g/mol. The molecule has 0 radical (unpaired) electrons. The van der Waals surface area contributed by atoms with Gasteiger partial charge in [0.15, 0.2) is 0 Å². The van der Waals surface area contributed by atoms with Gasteiger partial charge in [0.1, 0.15) is 0 Å². The standard InChI is InChI=1S/C8H14O2S2/c9-8(10)4-2-1-3-7-5-6-11-12-7/h7H,1-6H2,(H,9,10)/i1D2,2D2,5D2,6D2,7D. The Kier molecular flexibility index (Phi) is 1.62. The van der Waals surface area contributed by atoms with Crippen LogP contribution in [0.25, 0.3) is 0 Å². The molecule has 0 aromatic heterocycles. The second kappa shape index (κ2) is 5.75. The molecular weight excluding hydrogens is 192 g/mol. The maximum Gasteiger partial charge on any atom is 0.303 e. The number of aliphatic carboxylic acids is 1. The van der Waals surface area contributed by atoms with Gasteiger partial charge in [0.25, 0.3) is 0 Å². The summed E-state index contributed by atoms with van der Waals surface area (Å²) in [5.41, 5.74) is -2.42. The zero-order valence-electron chi connectivity index (χ0n) is 15.1. The van der Waals surface area contributed by atoms with E-state index in [0.717, 1.165) is 0 Å². The van der Waals surface area contributed by atoms with Crippen LogP contribution >= 0.6 is 21.6 Å². The van der Waals surface area contributed by atoms with Crippen molar-refractivity contribution in [1.82, 2.24) is 0 Å². The van der Waals surface area contributed by atoms with Gasteiger partial charge in [-0.1, -0.05) is 28.0 Å². The van der Waals surface area contributed by atoms with E-state index < -0.39 is 48.9 Å². The first-order valence-corrected chi connectivity index (χ1v) is 5.32. The van der Waals surface area contributed by atoms with Crippen molar-refractivity contribution in [3.8, 4) is 0 Å². The third kappa shape index (κ3) is 4.26. The highest BCUT2D eigenvalue weighted by molar-refractivity contribution is 8.77. The Balaban J connectivity index is 3.06. The van der Waals surface area contributed by atoms with Crippen molar-refractivity contribution >= 4 is 27.6 Å². The Morgan fingerprint density at radius 2 is 2.67 bits per heavy atom. The lowest BCUT2D eigenvalue weighted by Gasteiger charge is -2.04. The minimum Gasteiger partial charge on any atom is -0.481 e. The molecule has 70 valence electrons. The molecule has 1 rings (SSSR count). The quantitative estimate of drug-likeness (QED) is 0.716. The van der Waals surface area contributed by atoms with Crippen molar-refractivity contribution in [2.45, 2.75) is 37.2 Å². The molecule has 0 spiro atoms. The largest absolute Gasteiger partial charge is 0.481 e. The summed E-state index contributed by atoms with van der Waals surface area (Å²) >= 11 is 0. The minimum absolute atomic E-state index is 0.461. The highest BCUT2D eigenvalue weighted by atomic mass is 33.1. The summed E-state index contributed by atoms with van der Waals surface area (Å²) in [7, 11) is 0.960. The van der Waals surface area contributed by atoms with Crippen LogP contribution in [0.15, 0.2) is 0 Å². The van der Waals surface area contributed by atoms with E-state index in [0.29, 0.717) is 21.6 Å². The molecular formula is C8H14O2S2. The molecule has 0 amide bonds. The van der Waals surface area contributed by atoms with E-state index in [1.165, 1.54) is 0 Å². The lowest BCUT2D eigenvalue weighted by atomic mass is 10.1. The Morgan fingerprint density at radius 1 is 1.83 bits per heavy atom. The molecule has 1 atom stereocenters. The molecule has 1 N–H and O–H groups in total. The number of carbonyl (C=O) groups is 1. The molecule has 0 aliphatic carbocycles. The van der Waals surface area contributed by atoms with Crippen LogP contribution < -0.4 is 0 Å². The zero-order valence-corrected chi connectivity index (χ0v) is 7.72. The summed E-state index contributed by atoms with van der Waals surface area (Å²) in [6, 6.07) is 0. The van der Waals surface area contributed by atoms with Crippen LogP contribution in [-0.2, 0) is 4.79 Å². The molecule has 0 saturated carbocycles. The number of carboxylic acid groups (broad SMARTS) is 1. The van der Waals surface area contributed by atoms with Crippen molar-refractivity contribution < 1.29 is 22.2 Å². The molecule has 12 heavy (non-hydrogen) atoms. The molecule has 0 aromatic carbocycles. The van der Waals surface area contributed by atoms with Gasteiger partial charge >= 0.3 is 5.97 Å². The van der Waals surface area contributed by atoms with Gasteiger partial charge in [0.2, 0.25) is 0 Å². The molecule has 1 heterocycles. The van der Waals surface area contributed by atoms with Gasteiger partial charge in [-0.3, -0.25) is 4.79 Å². The maximum atomic E-state index is 10.6. The first kappa shape index (κ1) is 3.39. The van der Waals surface area contributed by atoms with Crippen molar-refractivity contribution in [2.24, 2.45) is 0 Å². The van der Waals surface area contributed by atoms with Crippen molar-refractivity contribution in [2.75, 3.05) is 5.70 Å². The fourth-order valence-electron chi connectivity index (χ4n) is 0.524. The maximum absolute atomic E-state index is 10.6. The third-order valence-corrected chi connectivity index (χ3v) is 2.81. The number of hydrogen-bond donors (Lipinski definition) is 1. The van der Waals surface area contributed by atoms with Crippen LogP contribution in [0.2, 0.25) is 0 Å². The van der Waals surface area contributed by atoms with Crippen molar-refractivity contribution in [3.63, 3.8) is 0 Å². The molecule has 0 aromatic rings. The number of carboxylic acids is 1. The van der Waals surface area contributed by atoms with Crippen LogP contribution in [-0.4, -0.2) is 22.0 Å². The summed E-state index contributed by atoms with van der Waals surface area (Å²) in [6.07, 6.45) is -10.4. The van der Waals surface area contributed by atoms with Crippen LogP contribution in [0.1, 0.15) is 44.3 Å². The summed E-state index contributed by atoms with van der Waals surface area (Å²) < 4.78 is 69.0. The van der Waals surface area contributed by atoms with Gasteiger partial charge in [0.05, 0.1) is 0 Å². The van der Waals surface area contributed by atoms with E-state index in [9.17, 15) is 4.79 Å². The van der Waals surface area contributed by atoms with Crippen LogP contribution in [0.3, 0.4) is 0 Å². The second-order valence-electron chi connectivity index (χ2n) is 1.92. The molecule has 1 unspecified atom stereocenters. The highest BCUT2D eigenvalue weighted by Crippen LogP contribution is 2.39. The van der Waals surface area contributed by atoms with Gasteiger partial charge in [-0.2, -0.15) is 0 Å². The van der Waals surface area contributed by atoms with Crippen LogP contribution in [0, 0.1) is 0 Å². The molecule has 4 heteroatoms. The van der Waals surface area contributed by atoms with E-state index >= 15 is 0 Å². The van der Waals surface area contributed by atoms with E-state index in [-0.39, 0.29) is 0 Å². The van der Waals surface area contributed by atoms with E-state index in [4.69, 9.17) is 17.4 Å². The van der Waals surface area contributed by atoms with Gasteiger partial charge in [-0.05, 0) is 19.2 Å². The Morgan fingerprint density at radius 3 is 3.25 bits per heavy atom. The monoisotopic (exact) mass is 215 g/mol. The number of hydrogen-bond acceptors (Lipinski definition) is 3. The molecule has 1 saturated heterocycles. The normalized spacial score (nSPS) is 50.8.